The van der Waals surface area contributed by atoms with Crippen LogP contribution in [0.4, 0.5) is 5.69 Å². The summed E-state index contributed by atoms with van der Waals surface area (Å²) < 4.78 is 0. The Bertz CT molecular complexity index is 993. The number of carbonyl (C=O) groups excluding carboxylic acids is 2. The Morgan fingerprint density at radius 1 is 0.848 bits per heavy atom. The van der Waals surface area contributed by atoms with Crippen LogP contribution in [0.1, 0.15) is 79.8 Å². The van der Waals surface area contributed by atoms with Gasteiger partial charge in [-0.25, -0.2) is 0 Å². The minimum absolute atomic E-state index is 0.0347. The molecule has 2 rings (SSSR count). The lowest BCUT2D eigenvalue weighted by Gasteiger charge is -2.26. The molecule has 0 saturated carbocycles. The van der Waals surface area contributed by atoms with E-state index in [1.807, 2.05) is 12.1 Å². The van der Waals surface area contributed by atoms with Crippen molar-refractivity contribution in [2.75, 3.05) is 18.4 Å². The third-order valence-electron chi connectivity index (χ3n) is 5.22. The number of anilines is 1. The SMILES string of the molecule is CC(C)(C)c1cc(C(=O)Nc2cccc(C(=O)NCCCN=C(N)N)c2)cc(C(C)(C)C)c1. The highest BCUT2D eigenvalue weighted by Crippen LogP contribution is 2.30. The monoisotopic (exact) mass is 451 g/mol. The fourth-order valence-electron chi connectivity index (χ4n) is 3.16. The first-order valence-corrected chi connectivity index (χ1v) is 11.2. The number of hydrogen-bond acceptors (Lipinski definition) is 3. The molecule has 0 saturated heterocycles. The topological polar surface area (TPSA) is 123 Å². The molecule has 0 radical (unpaired) electrons. The van der Waals surface area contributed by atoms with E-state index in [1.165, 1.54) is 0 Å². The Labute approximate surface area is 197 Å². The molecule has 7 heteroatoms. The van der Waals surface area contributed by atoms with Crippen LogP contribution >= 0.6 is 0 Å². The zero-order valence-corrected chi connectivity index (χ0v) is 20.6. The van der Waals surface area contributed by atoms with Crippen molar-refractivity contribution in [2.45, 2.75) is 58.8 Å². The highest BCUT2D eigenvalue weighted by molar-refractivity contribution is 6.05. The molecule has 0 aliphatic carbocycles. The molecular weight excluding hydrogens is 414 g/mol. The van der Waals surface area contributed by atoms with E-state index in [-0.39, 0.29) is 28.6 Å². The van der Waals surface area contributed by atoms with Crippen molar-refractivity contribution >= 4 is 23.5 Å². The van der Waals surface area contributed by atoms with E-state index < -0.39 is 0 Å². The molecule has 2 aromatic rings. The van der Waals surface area contributed by atoms with Crippen LogP contribution in [0.2, 0.25) is 0 Å². The molecule has 2 amide bonds. The Hall–Kier alpha value is -3.35. The molecule has 0 heterocycles. The summed E-state index contributed by atoms with van der Waals surface area (Å²) >= 11 is 0. The van der Waals surface area contributed by atoms with Gasteiger partial charge in [-0.2, -0.15) is 0 Å². The van der Waals surface area contributed by atoms with Crippen LogP contribution < -0.4 is 22.1 Å². The Kier molecular flexibility index (Phi) is 8.25. The lowest BCUT2D eigenvalue weighted by molar-refractivity contribution is 0.0952. The maximum absolute atomic E-state index is 13.1. The fraction of sp³-hybridized carbons (Fsp3) is 0.423. The van der Waals surface area contributed by atoms with Gasteiger partial charge in [-0.15, -0.1) is 0 Å². The molecular formula is C26H37N5O2. The minimum Gasteiger partial charge on any atom is -0.370 e. The Morgan fingerprint density at radius 2 is 1.45 bits per heavy atom. The van der Waals surface area contributed by atoms with Crippen LogP contribution in [-0.2, 0) is 10.8 Å². The number of guanidine groups is 1. The second-order valence-electron chi connectivity index (χ2n) is 10.3. The maximum Gasteiger partial charge on any atom is 0.255 e. The molecule has 0 aliphatic heterocycles. The molecule has 2 aromatic carbocycles. The van der Waals surface area contributed by atoms with Gasteiger partial charge >= 0.3 is 0 Å². The average molecular weight is 452 g/mol. The van der Waals surface area contributed by atoms with E-state index in [4.69, 9.17) is 11.5 Å². The van der Waals surface area contributed by atoms with Crippen molar-refractivity contribution in [3.63, 3.8) is 0 Å². The van der Waals surface area contributed by atoms with Gasteiger partial charge in [0.25, 0.3) is 11.8 Å². The normalized spacial score (nSPS) is 11.6. The van der Waals surface area contributed by atoms with Crippen LogP contribution in [0.15, 0.2) is 47.5 Å². The summed E-state index contributed by atoms with van der Waals surface area (Å²) in [6, 6.07) is 13.0. The summed E-state index contributed by atoms with van der Waals surface area (Å²) in [4.78, 5) is 29.4. The smallest absolute Gasteiger partial charge is 0.255 e. The van der Waals surface area contributed by atoms with Crippen LogP contribution in [0.25, 0.3) is 0 Å². The zero-order chi connectivity index (χ0) is 24.8. The van der Waals surface area contributed by atoms with Crippen molar-refractivity contribution < 1.29 is 9.59 Å². The second-order valence-corrected chi connectivity index (χ2v) is 10.3. The zero-order valence-electron chi connectivity index (χ0n) is 20.6. The molecule has 6 N–H and O–H groups in total. The van der Waals surface area contributed by atoms with Gasteiger partial charge in [0.1, 0.15) is 0 Å². The average Bonchev–Trinajstić information content (AvgIpc) is 2.71. The quantitative estimate of drug-likeness (QED) is 0.289. The number of hydrogen-bond donors (Lipinski definition) is 4. The molecule has 33 heavy (non-hydrogen) atoms. The van der Waals surface area contributed by atoms with Crippen LogP contribution in [0, 0.1) is 0 Å². The molecule has 0 fully saturated rings. The third-order valence-corrected chi connectivity index (χ3v) is 5.22. The number of nitrogens with two attached hydrogens (primary N) is 2. The lowest BCUT2D eigenvalue weighted by atomic mass is 9.79. The molecule has 7 nitrogen and oxygen atoms in total. The van der Waals surface area contributed by atoms with Gasteiger partial charge in [0.05, 0.1) is 0 Å². The number of amides is 2. The standard InChI is InChI=1S/C26H37N5O2/c1-25(2,3)19-13-18(14-20(16-19)26(4,5)6)23(33)31-21-10-7-9-17(15-21)22(32)29-11-8-12-30-24(27)28/h7,9-10,13-16H,8,11-12H2,1-6H3,(H,29,32)(H,31,33)(H4,27,28,30). The summed E-state index contributed by atoms with van der Waals surface area (Å²) in [5.74, 6) is -0.394. The highest BCUT2D eigenvalue weighted by atomic mass is 16.2. The first-order chi connectivity index (χ1) is 15.3. The maximum atomic E-state index is 13.1. The van der Waals surface area contributed by atoms with E-state index in [0.717, 1.165) is 11.1 Å². The van der Waals surface area contributed by atoms with Crippen LogP contribution in [-0.4, -0.2) is 30.9 Å². The summed E-state index contributed by atoms with van der Waals surface area (Å²) in [7, 11) is 0. The number of nitrogens with zero attached hydrogens (tertiary/aromatic N) is 1. The molecule has 0 spiro atoms. The van der Waals surface area contributed by atoms with Gasteiger partial charge in [-0.3, -0.25) is 14.6 Å². The summed E-state index contributed by atoms with van der Waals surface area (Å²) in [5, 5.41) is 5.77. The van der Waals surface area contributed by atoms with Crippen LogP contribution in [0.5, 0.6) is 0 Å². The Morgan fingerprint density at radius 3 is 2.00 bits per heavy atom. The van der Waals surface area contributed by atoms with Gasteiger partial charge in [0.15, 0.2) is 5.96 Å². The van der Waals surface area contributed by atoms with Crippen molar-refractivity contribution in [2.24, 2.45) is 16.5 Å². The molecule has 0 aliphatic rings. The van der Waals surface area contributed by atoms with E-state index in [9.17, 15) is 9.59 Å². The molecule has 0 unspecified atom stereocenters. The van der Waals surface area contributed by atoms with E-state index in [2.05, 4.69) is 63.2 Å². The van der Waals surface area contributed by atoms with Crippen molar-refractivity contribution in [1.82, 2.24) is 5.32 Å². The van der Waals surface area contributed by atoms with Crippen molar-refractivity contribution in [1.29, 1.82) is 0 Å². The van der Waals surface area contributed by atoms with Crippen molar-refractivity contribution in [3.05, 3.63) is 64.7 Å². The van der Waals surface area contributed by atoms with Crippen LogP contribution in [0.3, 0.4) is 0 Å². The van der Waals surface area contributed by atoms with E-state index >= 15 is 0 Å². The second kappa shape index (κ2) is 10.5. The molecule has 178 valence electrons. The number of carbonyl (C=O) groups is 2. The van der Waals surface area contributed by atoms with Gasteiger partial charge in [-0.1, -0.05) is 53.7 Å². The molecule has 0 bridgehead atoms. The molecule has 0 atom stereocenters. The van der Waals surface area contributed by atoms with Gasteiger partial charge in [-0.05, 0) is 58.7 Å². The number of rotatable bonds is 7. The van der Waals surface area contributed by atoms with Gasteiger partial charge < -0.3 is 22.1 Å². The third kappa shape index (κ3) is 7.93. The van der Waals surface area contributed by atoms with Crippen molar-refractivity contribution in [3.8, 4) is 0 Å². The summed E-state index contributed by atoms with van der Waals surface area (Å²) in [6.45, 7) is 13.7. The van der Waals surface area contributed by atoms with Gasteiger partial charge in [0.2, 0.25) is 0 Å². The fourth-order valence-corrected chi connectivity index (χ4v) is 3.16. The first-order valence-electron chi connectivity index (χ1n) is 11.2. The lowest BCUT2D eigenvalue weighted by Crippen LogP contribution is -2.26. The minimum atomic E-state index is -0.222. The predicted molar refractivity (Wildman–Crippen MR) is 136 cm³/mol. The first kappa shape index (κ1) is 25.9. The predicted octanol–water partition coefficient (Wildman–Crippen LogP) is 3.93. The number of nitrogens with one attached hydrogen (secondary N) is 2. The number of aliphatic imine (C=N–C) groups is 1. The van der Waals surface area contributed by atoms with Gasteiger partial charge in [0, 0.05) is 29.9 Å². The Balaban J connectivity index is 2.16. The van der Waals surface area contributed by atoms with E-state index in [1.54, 1.807) is 24.3 Å². The largest absolute Gasteiger partial charge is 0.370 e. The molecule has 0 aromatic heterocycles. The summed E-state index contributed by atoms with van der Waals surface area (Å²) in [6.07, 6.45) is 0.625. The van der Waals surface area contributed by atoms with E-state index in [0.29, 0.717) is 36.3 Å². The highest BCUT2D eigenvalue weighted by Gasteiger charge is 2.22. The number of benzene rings is 2. The summed E-state index contributed by atoms with van der Waals surface area (Å²) in [5.41, 5.74) is 14.2.